The molecule has 10 nitrogen and oxygen atoms in total. The van der Waals surface area contributed by atoms with Gasteiger partial charge in [-0.2, -0.15) is 0 Å². The van der Waals surface area contributed by atoms with Crippen molar-refractivity contribution in [1.82, 2.24) is 24.9 Å². The van der Waals surface area contributed by atoms with Gasteiger partial charge in [0.2, 0.25) is 17.7 Å². The fourth-order valence-corrected chi connectivity index (χ4v) is 4.76. The van der Waals surface area contributed by atoms with Gasteiger partial charge < -0.3 is 24.6 Å². The van der Waals surface area contributed by atoms with E-state index in [2.05, 4.69) is 10.4 Å². The molecular formula is C25H41N5O5. The number of methoxy groups -OCH3 is 1. The Kier molecular flexibility index (Phi) is 9.94. The van der Waals surface area contributed by atoms with E-state index in [4.69, 9.17) is 9.47 Å². The number of aryl methyl sites for hydroxylation is 1. The van der Waals surface area contributed by atoms with Crippen LogP contribution >= 0.6 is 0 Å². The molecule has 35 heavy (non-hydrogen) atoms. The molecule has 3 rings (SSSR count). The first-order valence-electron chi connectivity index (χ1n) is 12.9. The number of ether oxygens (including phenoxy) is 2. The van der Waals surface area contributed by atoms with Crippen molar-refractivity contribution < 1.29 is 23.9 Å². The van der Waals surface area contributed by atoms with Gasteiger partial charge >= 0.3 is 0 Å². The maximum atomic E-state index is 13.5. The predicted octanol–water partition coefficient (Wildman–Crippen LogP) is 1.84. The second kappa shape index (κ2) is 12.9. The van der Waals surface area contributed by atoms with Crippen LogP contribution in [0.25, 0.3) is 0 Å². The van der Waals surface area contributed by atoms with Gasteiger partial charge in [0.05, 0.1) is 6.61 Å². The number of nitrogens with zero attached hydrogens (tertiary/aromatic N) is 4. The average molecular weight is 492 g/mol. The molecule has 2 atom stereocenters. The van der Waals surface area contributed by atoms with Gasteiger partial charge in [-0.05, 0) is 25.2 Å². The Morgan fingerprint density at radius 1 is 1.09 bits per heavy atom. The molecule has 1 aromatic heterocycles. The lowest BCUT2D eigenvalue weighted by molar-refractivity contribution is -0.140. The van der Waals surface area contributed by atoms with Gasteiger partial charge in [-0.25, -0.2) is 0 Å². The van der Waals surface area contributed by atoms with Crippen molar-refractivity contribution in [3.63, 3.8) is 0 Å². The number of carbonyl (C=O) groups is 3. The van der Waals surface area contributed by atoms with E-state index < -0.39 is 6.04 Å². The van der Waals surface area contributed by atoms with E-state index in [1.807, 2.05) is 18.7 Å². The highest BCUT2D eigenvalue weighted by Gasteiger charge is 2.36. The summed E-state index contributed by atoms with van der Waals surface area (Å²) in [4.78, 5) is 42.9. The number of piperazine rings is 1. The van der Waals surface area contributed by atoms with E-state index in [0.29, 0.717) is 51.0 Å². The summed E-state index contributed by atoms with van der Waals surface area (Å²) in [5.74, 6) is 0.233. The fourth-order valence-electron chi connectivity index (χ4n) is 4.76. The molecule has 1 N–H and O–H groups in total. The highest BCUT2D eigenvalue weighted by molar-refractivity contribution is 5.93. The van der Waals surface area contributed by atoms with E-state index in [1.165, 1.54) is 11.1 Å². The summed E-state index contributed by atoms with van der Waals surface area (Å²) in [6, 6.07) is 1.15. The smallest absolute Gasteiger partial charge is 0.272 e. The number of hydrogen-bond donors (Lipinski definition) is 1. The number of rotatable bonds is 10. The third-order valence-corrected chi connectivity index (χ3v) is 7.24. The van der Waals surface area contributed by atoms with E-state index in [1.54, 1.807) is 25.1 Å². The molecule has 2 heterocycles. The second-order valence-electron chi connectivity index (χ2n) is 9.64. The zero-order valence-electron chi connectivity index (χ0n) is 21.6. The Bertz CT molecular complexity index is 858. The predicted molar refractivity (Wildman–Crippen MR) is 131 cm³/mol. The lowest BCUT2D eigenvalue weighted by Crippen LogP contribution is -2.58. The van der Waals surface area contributed by atoms with Gasteiger partial charge in [-0.1, -0.05) is 33.1 Å². The van der Waals surface area contributed by atoms with Crippen LogP contribution in [0.5, 0.6) is 5.88 Å². The Morgan fingerprint density at radius 2 is 1.74 bits per heavy atom. The van der Waals surface area contributed by atoms with Crippen LogP contribution in [0, 0.1) is 11.8 Å². The molecule has 2 fully saturated rings. The van der Waals surface area contributed by atoms with Crippen molar-refractivity contribution in [2.45, 2.75) is 58.4 Å². The van der Waals surface area contributed by atoms with E-state index >= 15 is 0 Å². The van der Waals surface area contributed by atoms with Crippen molar-refractivity contribution in [1.29, 1.82) is 0 Å². The minimum atomic E-state index is -0.483. The molecule has 1 saturated carbocycles. The Labute approximate surface area is 208 Å². The van der Waals surface area contributed by atoms with Crippen LogP contribution in [0.3, 0.4) is 0 Å². The molecule has 0 bridgehead atoms. The lowest BCUT2D eigenvalue weighted by Gasteiger charge is -2.39. The molecule has 0 spiro atoms. The standard InChI is InChI=1S/C25H41N5O5/c1-5-18(2)23(31)26-22(19-9-7-6-8-10-19)25(33)30-13-11-29(12-14-30)24(32)20-17-21(27-28(20)3)35-16-15-34-4/h17-19,22H,5-16H2,1-4H3,(H,26,31)/t18-,22+/m1/s1. The largest absolute Gasteiger partial charge is 0.474 e. The van der Waals surface area contributed by atoms with Crippen molar-refractivity contribution in [2.24, 2.45) is 18.9 Å². The molecule has 3 amide bonds. The zero-order chi connectivity index (χ0) is 25.4. The Morgan fingerprint density at radius 3 is 2.37 bits per heavy atom. The first kappa shape index (κ1) is 27.0. The normalized spacial score (nSPS) is 18.7. The summed E-state index contributed by atoms with van der Waals surface area (Å²) < 4.78 is 12.0. The SMILES string of the molecule is CC[C@@H](C)C(=O)N[C@H](C(=O)N1CCN(C(=O)c2cc(OCCOC)nn2C)CC1)C1CCCCC1. The second-order valence-corrected chi connectivity index (χ2v) is 9.64. The van der Waals surface area contributed by atoms with Gasteiger partial charge in [0, 0.05) is 52.3 Å². The molecule has 196 valence electrons. The molecule has 1 aliphatic heterocycles. The highest BCUT2D eigenvalue weighted by atomic mass is 16.5. The minimum Gasteiger partial charge on any atom is -0.474 e. The van der Waals surface area contributed by atoms with Crippen LogP contribution in [-0.2, 0) is 21.4 Å². The maximum Gasteiger partial charge on any atom is 0.272 e. The van der Waals surface area contributed by atoms with Gasteiger partial charge in [-0.15, -0.1) is 5.10 Å². The Hall–Kier alpha value is -2.62. The number of aromatic nitrogens is 2. The van der Waals surface area contributed by atoms with Gasteiger partial charge in [-0.3, -0.25) is 19.1 Å². The minimum absolute atomic E-state index is 0.0185. The summed E-state index contributed by atoms with van der Waals surface area (Å²) in [6.45, 7) is 6.44. The molecule has 1 saturated heterocycles. The van der Waals surface area contributed by atoms with E-state index in [-0.39, 0.29) is 29.6 Å². The summed E-state index contributed by atoms with van der Waals surface area (Å²) in [6.07, 6.45) is 6.04. The highest BCUT2D eigenvalue weighted by Crippen LogP contribution is 2.28. The summed E-state index contributed by atoms with van der Waals surface area (Å²) in [5, 5.41) is 7.33. The van der Waals surface area contributed by atoms with Gasteiger partial charge in [0.25, 0.3) is 5.91 Å². The summed E-state index contributed by atoms with van der Waals surface area (Å²) in [5.41, 5.74) is 0.443. The van der Waals surface area contributed by atoms with Crippen molar-refractivity contribution in [3.8, 4) is 5.88 Å². The zero-order valence-corrected chi connectivity index (χ0v) is 21.6. The number of nitrogens with one attached hydrogen (secondary N) is 1. The molecule has 1 aromatic rings. The summed E-state index contributed by atoms with van der Waals surface area (Å²) in [7, 11) is 3.31. The Balaban J connectivity index is 1.61. The first-order valence-corrected chi connectivity index (χ1v) is 12.9. The fraction of sp³-hybridized carbons (Fsp3) is 0.760. The van der Waals surface area contributed by atoms with Crippen LogP contribution in [0.2, 0.25) is 0 Å². The van der Waals surface area contributed by atoms with E-state index in [0.717, 1.165) is 32.1 Å². The molecule has 0 aromatic carbocycles. The summed E-state index contributed by atoms with van der Waals surface area (Å²) >= 11 is 0. The van der Waals surface area contributed by atoms with Crippen LogP contribution in [0.15, 0.2) is 6.07 Å². The van der Waals surface area contributed by atoms with E-state index in [9.17, 15) is 14.4 Å². The van der Waals surface area contributed by atoms with Crippen molar-refractivity contribution >= 4 is 17.7 Å². The third-order valence-electron chi connectivity index (χ3n) is 7.24. The third kappa shape index (κ3) is 6.96. The molecule has 1 aliphatic carbocycles. The van der Waals surface area contributed by atoms with Crippen LogP contribution < -0.4 is 10.1 Å². The van der Waals surface area contributed by atoms with Gasteiger partial charge in [0.1, 0.15) is 18.3 Å². The van der Waals surface area contributed by atoms with Crippen LogP contribution in [-0.4, -0.2) is 89.8 Å². The van der Waals surface area contributed by atoms with Crippen molar-refractivity contribution in [2.75, 3.05) is 46.5 Å². The number of carbonyl (C=O) groups excluding carboxylic acids is 3. The average Bonchev–Trinajstić information content (AvgIpc) is 3.26. The molecule has 2 aliphatic rings. The number of amides is 3. The molecular weight excluding hydrogens is 450 g/mol. The molecule has 10 heteroatoms. The van der Waals surface area contributed by atoms with Crippen molar-refractivity contribution in [3.05, 3.63) is 11.8 Å². The van der Waals surface area contributed by atoms with Gasteiger partial charge in [0.15, 0.2) is 0 Å². The van der Waals surface area contributed by atoms with Crippen LogP contribution in [0.1, 0.15) is 62.9 Å². The lowest BCUT2D eigenvalue weighted by atomic mass is 9.83. The topological polar surface area (TPSA) is 106 Å². The molecule has 0 unspecified atom stereocenters. The molecule has 0 radical (unpaired) electrons. The monoisotopic (exact) mass is 491 g/mol. The number of hydrogen-bond acceptors (Lipinski definition) is 6. The maximum absolute atomic E-state index is 13.5. The van der Waals surface area contributed by atoms with Crippen LogP contribution in [0.4, 0.5) is 0 Å². The first-order chi connectivity index (χ1) is 16.8. The quantitative estimate of drug-likeness (QED) is 0.501.